The molecule has 0 radical (unpaired) electrons. The summed E-state index contributed by atoms with van der Waals surface area (Å²) in [6, 6.07) is 6.34. The van der Waals surface area contributed by atoms with Crippen molar-refractivity contribution in [1.29, 1.82) is 0 Å². The zero-order valence-electron chi connectivity index (χ0n) is 16.6. The summed E-state index contributed by atoms with van der Waals surface area (Å²) in [6.07, 6.45) is -1.29. The molecule has 2 aliphatic rings. The van der Waals surface area contributed by atoms with E-state index in [1.54, 1.807) is 0 Å². The topological polar surface area (TPSA) is 42.7 Å². The highest BCUT2D eigenvalue weighted by molar-refractivity contribution is 6.30. The number of halogens is 4. The van der Waals surface area contributed by atoms with Crippen LogP contribution in [0.1, 0.15) is 62.7 Å². The lowest BCUT2D eigenvalue weighted by molar-refractivity contribution is -0.182. The quantitative estimate of drug-likeness (QED) is 0.731. The Hall–Kier alpha value is -1.60. The molecule has 0 saturated heterocycles. The van der Waals surface area contributed by atoms with Crippen LogP contribution in [0.4, 0.5) is 13.2 Å². The number of aromatic nitrogens is 3. The zero-order chi connectivity index (χ0) is 20.8. The maximum absolute atomic E-state index is 13.1. The second-order valence-corrected chi connectivity index (χ2v) is 9.04. The predicted molar refractivity (Wildman–Crippen MR) is 107 cm³/mol. The lowest BCUT2D eigenvalue weighted by atomic mass is 9.81. The predicted octanol–water partition coefficient (Wildman–Crippen LogP) is 5.22. The van der Waals surface area contributed by atoms with Crippen molar-refractivity contribution in [3.63, 3.8) is 0 Å². The van der Waals surface area contributed by atoms with Gasteiger partial charge in [-0.05, 0) is 55.9 Å². The van der Waals surface area contributed by atoms with Crippen LogP contribution in [0.3, 0.4) is 0 Å². The third-order valence-corrected chi connectivity index (χ3v) is 6.29. The highest BCUT2D eigenvalue weighted by Crippen LogP contribution is 2.43. The van der Waals surface area contributed by atoms with Gasteiger partial charge in [-0.3, -0.25) is 4.57 Å². The van der Waals surface area contributed by atoms with Crippen molar-refractivity contribution in [3.8, 4) is 5.69 Å². The number of hydrogen-bond acceptors (Lipinski definition) is 3. The molecule has 1 saturated carbocycles. The first-order valence-corrected chi connectivity index (χ1v) is 10.7. The summed E-state index contributed by atoms with van der Waals surface area (Å²) < 4.78 is 41.3. The van der Waals surface area contributed by atoms with Crippen LogP contribution in [-0.4, -0.2) is 33.0 Å². The summed E-state index contributed by atoms with van der Waals surface area (Å²) in [4.78, 5) is 0. The molecule has 1 aliphatic heterocycles. The molecule has 0 spiro atoms. The van der Waals surface area contributed by atoms with E-state index in [0.717, 1.165) is 35.7 Å². The monoisotopic (exact) mass is 426 g/mol. The van der Waals surface area contributed by atoms with Crippen molar-refractivity contribution in [2.45, 2.75) is 76.6 Å². The molecule has 29 heavy (non-hydrogen) atoms. The lowest BCUT2D eigenvalue weighted by Crippen LogP contribution is -2.37. The van der Waals surface area contributed by atoms with Gasteiger partial charge in [0.1, 0.15) is 11.6 Å². The van der Waals surface area contributed by atoms with Crippen LogP contribution in [-0.2, 0) is 12.8 Å². The molecule has 1 aromatic heterocycles. The molecule has 0 amide bonds. The summed E-state index contributed by atoms with van der Waals surface area (Å²) in [5.74, 6) is 0.440. The number of nitrogens with one attached hydrogen (secondary N) is 1. The standard InChI is InChI=1S/C21H26ClF3N4/c1-12(2)26-17-10-14-9-16(22)7-8-18(14)29-19(11-17)27-28-20(29)13-3-5-15(6-4-13)21(23,24)25/h7-9,12-13,15,17,26H,3-6,10-11H2,1-2H3/t13-,15-,17?. The maximum atomic E-state index is 13.1. The number of fused-ring (bicyclic) bond motifs is 3. The van der Waals surface area contributed by atoms with Gasteiger partial charge in [-0.1, -0.05) is 25.4 Å². The first kappa shape index (κ1) is 20.7. The number of alkyl halides is 3. The molecular formula is C21H26ClF3N4. The summed E-state index contributed by atoms with van der Waals surface area (Å²) in [5, 5.41) is 13.2. The molecule has 0 bridgehead atoms. The van der Waals surface area contributed by atoms with Crippen LogP contribution in [0.15, 0.2) is 18.2 Å². The first-order chi connectivity index (χ1) is 13.7. The van der Waals surface area contributed by atoms with E-state index < -0.39 is 12.1 Å². The number of nitrogens with zero attached hydrogens (tertiary/aromatic N) is 3. The Balaban J connectivity index is 1.68. The van der Waals surface area contributed by atoms with Crippen LogP contribution in [0, 0.1) is 5.92 Å². The van der Waals surface area contributed by atoms with Crippen LogP contribution in [0.5, 0.6) is 0 Å². The van der Waals surface area contributed by atoms with E-state index in [1.165, 1.54) is 0 Å². The molecule has 4 rings (SSSR count). The highest BCUT2D eigenvalue weighted by Gasteiger charge is 2.42. The molecule has 1 atom stereocenters. The highest BCUT2D eigenvalue weighted by atomic mass is 35.5. The molecule has 1 aromatic carbocycles. The van der Waals surface area contributed by atoms with E-state index >= 15 is 0 Å². The first-order valence-electron chi connectivity index (χ1n) is 10.3. The van der Waals surface area contributed by atoms with Gasteiger partial charge >= 0.3 is 6.18 Å². The summed E-state index contributed by atoms with van der Waals surface area (Å²) in [6.45, 7) is 4.22. The van der Waals surface area contributed by atoms with Crippen molar-refractivity contribution in [2.24, 2.45) is 5.92 Å². The minimum atomic E-state index is -4.11. The molecule has 1 N–H and O–H groups in total. The average molecular weight is 427 g/mol. The normalized spacial score (nSPS) is 24.9. The van der Waals surface area contributed by atoms with E-state index in [4.69, 9.17) is 11.6 Å². The van der Waals surface area contributed by atoms with Crippen LogP contribution in [0.25, 0.3) is 5.69 Å². The fourth-order valence-electron chi connectivity index (χ4n) is 4.75. The Labute approximate surface area is 173 Å². The van der Waals surface area contributed by atoms with Gasteiger partial charge in [0.25, 0.3) is 0 Å². The van der Waals surface area contributed by atoms with Gasteiger partial charge in [-0.25, -0.2) is 0 Å². The van der Waals surface area contributed by atoms with Crippen molar-refractivity contribution in [1.82, 2.24) is 20.1 Å². The molecule has 1 aliphatic carbocycles. The van der Waals surface area contributed by atoms with Gasteiger partial charge in [-0.15, -0.1) is 10.2 Å². The second kappa shape index (κ2) is 7.91. The maximum Gasteiger partial charge on any atom is 0.391 e. The van der Waals surface area contributed by atoms with E-state index in [-0.39, 0.29) is 24.8 Å². The molecule has 2 aromatic rings. The Morgan fingerprint density at radius 3 is 2.48 bits per heavy atom. The summed E-state index contributed by atoms with van der Waals surface area (Å²) in [5.41, 5.74) is 2.11. The SMILES string of the molecule is CC(C)NC1Cc2cc(Cl)ccc2-n2c(nnc2[C@H]2CC[C@H](C(F)(F)F)CC2)C1. The largest absolute Gasteiger partial charge is 0.391 e. The number of benzene rings is 1. The van der Waals surface area contributed by atoms with Crippen molar-refractivity contribution >= 4 is 11.6 Å². The minimum Gasteiger partial charge on any atom is -0.311 e. The van der Waals surface area contributed by atoms with Gasteiger partial charge in [0.2, 0.25) is 0 Å². The second-order valence-electron chi connectivity index (χ2n) is 8.60. The van der Waals surface area contributed by atoms with E-state index in [1.807, 2.05) is 18.2 Å². The molecule has 2 heterocycles. The van der Waals surface area contributed by atoms with E-state index in [2.05, 4.69) is 33.9 Å². The third kappa shape index (κ3) is 4.31. The van der Waals surface area contributed by atoms with E-state index in [9.17, 15) is 13.2 Å². The molecule has 4 nitrogen and oxygen atoms in total. The Morgan fingerprint density at radius 1 is 1.10 bits per heavy atom. The fourth-order valence-corrected chi connectivity index (χ4v) is 4.95. The van der Waals surface area contributed by atoms with Crippen LogP contribution in [0.2, 0.25) is 5.02 Å². The zero-order valence-corrected chi connectivity index (χ0v) is 17.4. The Kier molecular flexibility index (Phi) is 5.64. The molecular weight excluding hydrogens is 401 g/mol. The van der Waals surface area contributed by atoms with Gasteiger partial charge in [0.15, 0.2) is 0 Å². The number of hydrogen-bond donors (Lipinski definition) is 1. The average Bonchev–Trinajstić information content (AvgIpc) is 2.97. The number of rotatable bonds is 3. The van der Waals surface area contributed by atoms with E-state index in [0.29, 0.717) is 23.9 Å². The van der Waals surface area contributed by atoms with Crippen molar-refractivity contribution < 1.29 is 13.2 Å². The molecule has 158 valence electrons. The minimum absolute atomic E-state index is 0.00649. The lowest BCUT2D eigenvalue weighted by Gasteiger charge is -2.29. The van der Waals surface area contributed by atoms with Gasteiger partial charge in [-0.2, -0.15) is 13.2 Å². The van der Waals surface area contributed by atoms with Gasteiger partial charge in [0, 0.05) is 29.4 Å². The van der Waals surface area contributed by atoms with Gasteiger partial charge < -0.3 is 5.32 Å². The van der Waals surface area contributed by atoms with Crippen molar-refractivity contribution in [3.05, 3.63) is 40.4 Å². The molecule has 1 fully saturated rings. The molecule has 1 unspecified atom stereocenters. The smallest absolute Gasteiger partial charge is 0.311 e. The summed E-state index contributed by atoms with van der Waals surface area (Å²) in [7, 11) is 0. The van der Waals surface area contributed by atoms with Gasteiger partial charge in [0.05, 0.1) is 11.6 Å². The van der Waals surface area contributed by atoms with Crippen molar-refractivity contribution in [2.75, 3.05) is 0 Å². The van der Waals surface area contributed by atoms with Crippen LogP contribution < -0.4 is 5.32 Å². The summed E-state index contributed by atoms with van der Waals surface area (Å²) >= 11 is 6.26. The third-order valence-electron chi connectivity index (χ3n) is 6.06. The fraction of sp³-hybridized carbons (Fsp3) is 0.619. The Morgan fingerprint density at radius 2 is 1.83 bits per heavy atom. The Bertz CT molecular complexity index is 869. The molecule has 8 heteroatoms. The van der Waals surface area contributed by atoms with Crippen LogP contribution >= 0.6 is 11.6 Å².